The largest absolute Gasteiger partial charge is 0.505 e. The summed E-state index contributed by atoms with van der Waals surface area (Å²) in [6.07, 6.45) is 3.61. The third-order valence-corrected chi connectivity index (χ3v) is 2.11. The van der Waals surface area contributed by atoms with Crippen molar-refractivity contribution in [1.82, 2.24) is 0 Å². The van der Waals surface area contributed by atoms with Crippen LogP contribution in [-0.2, 0) is 0 Å². The molecule has 1 rings (SSSR count). The smallest absolute Gasteiger partial charge is 0.145 e. The van der Waals surface area contributed by atoms with Gasteiger partial charge in [-0.25, -0.2) is 0 Å². The van der Waals surface area contributed by atoms with Crippen LogP contribution < -0.4 is 5.73 Å². The predicted octanol–water partition coefficient (Wildman–Crippen LogP) is 3.04. The van der Waals surface area contributed by atoms with E-state index in [4.69, 9.17) is 17.3 Å². The number of aromatic hydroxyl groups is 1. The number of nitrogen functional groups attached to an aromatic ring is 1. The first-order valence-corrected chi connectivity index (χ1v) is 5.15. The Kier molecular flexibility index (Phi) is 3.63. The van der Waals surface area contributed by atoms with Gasteiger partial charge in [0.25, 0.3) is 0 Å². The van der Waals surface area contributed by atoms with Gasteiger partial charge < -0.3 is 10.8 Å². The zero-order valence-electron chi connectivity index (χ0n) is 6.80. The van der Waals surface area contributed by atoms with Crippen LogP contribution in [0.4, 0.5) is 5.69 Å². The van der Waals surface area contributed by atoms with Crippen molar-refractivity contribution in [3.8, 4) is 5.75 Å². The predicted molar refractivity (Wildman–Crippen MR) is 60.4 cm³/mol. The number of halogens is 2. The van der Waals surface area contributed by atoms with Gasteiger partial charge in [0.05, 0.1) is 5.69 Å². The van der Waals surface area contributed by atoms with Crippen LogP contribution in [0.2, 0.25) is 5.02 Å². The molecule has 3 N–H and O–H groups in total. The average molecular weight is 263 g/mol. The average Bonchev–Trinajstić information content (AvgIpc) is 2.09. The van der Waals surface area contributed by atoms with Crippen LogP contribution in [-0.4, -0.2) is 10.4 Å². The molecule has 0 unspecified atom stereocenters. The van der Waals surface area contributed by atoms with Crippen molar-refractivity contribution in [2.24, 2.45) is 0 Å². The minimum Gasteiger partial charge on any atom is -0.505 e. The summed E-state index contributed by atoms with van der Waals surface area (Å²) in [4.78, 5) is 0. The first-order chi connectivity index (χ1) is 6.15. The van der Waals surface area contributed by atoms with Gasteiger partial charge in [0.2, 0.25) is 0 Å². The number of nitrogens with two attached hydrogens (primary N) is 1. The zero-order valence-corrected chi connectivity index (χ0v) is 9.14. The van der Waals surface area contributed by atoms with Crippen LogP contribution in [0.15, 0.2) is 18.2 Å². The Labute approximate surface area is 90.1 Å². The molecule has 1 aromatic carbocycles. The van der Waals surface area contributed by atoms with E-state index < -0.39 is 0 Å². The Morgan fingerprint density at radius 1 is 1.54 bits per heavy atom. The number of hydrogen-bond acceptors (Lipinski definition) is 2. The molecule has 4 heteroatoms. The minimum absolute atomic E-state index is 0.0709. The maximum Gasteiger partial charge on any atom is 0.145 e. The Balaban J connectivity index is 3.12. The van der Waals surface area contributed by atoms with Crippen LogP contribution in [0.25, 0.3) is 6.08 Å². The van der Waals surface area contributed by atoms with Gasteiger partial charge in [-0.05, 0) is 12.1 Å². The number of rotatable bonds is 2. The van der Waals surface area contributed by atoms with E-state index in [0.717, 1.165) is 5.33 Å². The molecule has 0 radical (unpaired) electrons. The van der Waals surface area contributed by atoms with E-state index in [2.05, 4.69) is 15.9 Å². The molecule has 0 saturated heterocycles. The van der Waals surface area contributed by atoms with Crippen LogP contribution in [0.1, 0.15) is 5.56 Å². The van der Waals surface area contributed by atoms with Crippen LogP contribution >= 0.6 is 27.5 Å². The molecule has 0 spiro atoms. The number of alkyl halides is 1. The van der Waals surface area contributed by atoms with Gasteiger partial charge in [0.15, 0.2) is 0 Å². The van der Waals surface area contributed by atoms with Crippen molar-refractivity contribution in [3.63, 3.8) is 0 Å². The molecular weight excluding hydrogens is 253 g/mol. The van der Waals surface area contributed by atoms with Gasteiger partial charge in [-0.3, -0.25) is 0 Å². The molecule has 13 heavy (non-hydrogen) atoms. The van der Waals surface area contributed by atoms with Gasteiger partial charge in [0, 0.05) is 15.9 Å². The van der Waals surface area contributed by atoms with Crippen molar-refractivity contribution in [2.75, 3.05) is 11.1 Å². The second-order valence-corrected chi connectivity index (χ2v) is 3.57. The molecule has 0 fully saturated rings. The van der Waals surface area contributed by atoms with Crippen LogP contribution in [0.3, 0.4) is 0 Å². The standard InChI is InChI=1S/C9H9BrClNO/c10-3-1-2-6-4-7(11)5-8(12)9(6)13/h1-2,4-5,13H,3,12H2. The Hall–Kier alpha value is -0.670. The fourth-order valence-electron chi connectivity index (χ4n) is 0.941. The topological polar surface area (TPSA) is 46.2 Å². The summed E-state index contributed by atoms with van der Waals surface area (Å²) in [5.41, 5.74) is 6.44. The quantitative estimate of drug-likeness (QED) is 0.489. The van der Waals surface area contributed by atoms with E-state index in [1.54, 1.807) is 12.1 Å². The molecule has 0 saturated carbocycles. The van der Waals surface area contributed by atoms with Crippen LogP contribution in [0, 0.1) is 0 Å². The fraction of sp³-hybridized carbons (Fsp3) is 0.111. The maximum absolute atomic E-state index is 9.50. The Morgan fingerprint density at radius 2 is 2.23 bits per heavy atom. The molecular formula is C9H9BrClNO. The third kappa shape index (κ3) is 2.64. The lowest BCUT2D eigenvalue weighted by molar-refractivity contribution is 0.477. The number of anilines is 1. The first-order valence-electron chi connectivity index (χ1n) is 3.65. The Morgan fingerprint density at radius 3 is 2.85 bits per heavy atom. The Bertz CT molecular complexity index is 339. The molecule has 0 atom stereocenters. The van der Waals surface area contributed by atoms with E-state index in [1.807, 2.05) is 6.08 Å². The molecule has 0 bridgehead atoms. The highest BCUT2D eigenvalue weighted by molar-refractivity contribution is 9.09. The summed E-state index contributed by atoms with van der Waals surface area (Å²) in [6.45, 7) is 0. The van der Waals surface area contributed by atoms with Crippen molar-refractivity contribution in [2.45, 2.75) is 0 Å². The number of hydrogen-bond donors (Lipinski definition) is 2. The van der Waals surface area contributed by atoms with E-state index in [-0.39, 0.29) is 5.75 Å². The summed E-state index contributed by atoms with van der Waals surface area (Å²) >= 11 is 9.00. The molecule has 1 aromatic rings. The van der Waals surface area contributed by atoms with Crippen molar-refractivity contribution in [3.05, 3.63) is 28.8 Å². The summed E-state index contributed by atoms with van der Waals surface area (Å²) in [6, 6.07) is 3.18. The lowest BCUT2D eigenvalue weighted by atomic mass is 10.1. The summed E-state index contributed by atoms with van der Waals surface area (Å²) in [7, 11) is 0. The van der Waals surface area contributed by atoms with Gasteiger partial charge in [0.1, 0.15) is 5.75 Å². The molecule has 0 aliphatic rings. The van der Waals surface area contributed by atoms with E-state index in [0.29, 0.717) is 16.3 Å². The summed E-state index contributed by atoms with van der Waals surface area (Å²) in [5, 5.41) is 10.7. The molecule has 70 valence electrons. The minimum atomic E-state index is 0.0709. The number of benzene rings is 1. The molecule has 0 amide bonds. The second-order valence-electron chi connectivity index (χ2n) is 2.49. The fourth-order valence-corrected chi connectivity index (χ4v) is 1.36. The maximum atomic E-state index is 9.50. The highest BCUT2D eigenvalue weighted by Crippen LogP contribution is 2.29. The second kappa shape index (κ2) is 4.53. The van der Waals surface area contributed by atoms with Crippen LogP contribution in [0.5, 0.6) is 5.75 Å². The van der Waals surface area contributed by atoms with Crippen molar-refractivity contribution < 1.29 is 5.11 Å². The third-order valence-electron chi connectivity index (χ3n) is 1.52. The van der Waals surface area contributed by atoms with E-state index >= 15 is 0 Å². The van der Waals surface area contributed by atoms with Crippen molar-refractivity contribution >= 4 is 39.3 Å². The SMILES string of the molecule is Nc1cc(Cl)cc(C=CCBr)c1O. The van der Waals surface area contributed by atoms with E-state index in [1.165, 1.54) is 6.07 Å². The lowest BCUT2D eigenvalue weighted by Gasteiger charge is -2.03. The summed E-state index contributed by atoms with van der Waals surface area (Å²) < 4.78 is 0. The van der Waals surface area contributed by atoms with Crippen molar-refractivity contribution in [1.29, 1.82) is 0 Å². The molecule has 0 aliphatic carbocycles. The highest BCUT2D eigenvalue weighted by Gasteiger charge is 2.03. The molecule has 0 aliphatic heterocycles. The first kappa shape index (κ1) is 10.4. The number of allylic oxidation sites excluding steroid dienone is 1. The molecule has 0 aromatic heterocycles. The van der Waals surface area contributed by atoms with E-state index in [9.17, 15) is 5.11 Å². The number of phenolic OH excluding ortho intramolecular Hbond substituents is 1. The molecule has 0 heterocycles. The zero-order chi connectivity index (χ0) is 9.84. The monoisotopic (exact) mass is 261 g/mol. The highest BCUT2D eigenvalue weighted by atomic mass is 79.9. The normalized spacial score (nSPS) is 10.9. The lowest BCUT2D eigenvalue weighted by Crippen LogP contribution is -1.87. The van der Waals surface area contributed by atoms with Gasteiger partial charge in [-0.2, -0.15) is 0 Å². The summed E-state index contributed by atoms with van der Waals surface area (Å²) in [5.74, 6) is 0.0709. The van der Waals surface area contributed by atoms with Gasteiger partial charge in [-0.1, -0.05) is 39.7 Å². The van der Waals surface area contributed by atoms with Gasteiger partial charge >= 0.3 is 0 Å². The molecule has 2 nitrogen and oxygen atoms in total. The number of phenols is 1. The van der Waals surface area contributed by atoms with Gasteiger partial charge in [-0.15, -0.1) is 0 Å².